The SMILES string of the molecule is CCC(CCO)C(=NCC1=C(F)C(N)=CCC1)SCC(/C=C\NC)=C/CNCC(C)[NH+]=C(O)OC. The average molecular weight is 513 g/mol. The van der Waals surface area contributed by atoms with Gasteiger partial charge in [-0.25, -0.2) is 4.39 Å². The maximum absolute atomic E-state index is 14.4. The number of halogens is 1. The van der Waals surface area contributed by atoms with Gasteiger partial charge in [-0.15, -0.1) is 11.8 Å². The quantitative estimate of drug-likeness (QED) is 0.0853. The Morgan fingerprint density at radius 1 is 1.46 bits per heavy atom. The van der Waals surface area contributed by atoms with Gasteiger partial charge in [0.1, 0.15) is 5.83 Å². The third kappa shape index (κ3) is 12.3. The Labute approximate surface area is 213 Å². The highest BCUT2D eigenvalue weighted by molar-refractivity contribution is 8.14. The van der Waals surface area contributed by atoms with E-state index in [1.54, 1.807) is 17.8 Å². The molecule has 0 aromatic carbocycles. The van der Waals surface area contributed by atoms with E-state index in [4.69, 9.17) is 15.5 Å². The molecule has 35 heavy (non-hydrogen) atoms. The fourth-order valence-corrected chi connectivity index (χ4v) is 4.63. The fraction of sp³-hybridized carbons (Fsp3) is 0.600. The first kappa shape index (κ1) is 30.7. The fourth-order valence-electron chi connectivity index (χ4n) is 3.42. The van der Waals surface area contributed by atoms with Gasteiger partial charge in [-0.05, 0) is 56.0 Å². The Morgan fingerprint density at radius 3 is 2.89 bits per heavy atom. The van der Waals surface area contributed by atoms with Crippen molar-refractivity contribution in [3.63, 3.8) is 0 Å². The van der Waals surface area contributed by atoms with Crippen LogP contribution in [0.15, 0.2) is 52.1 Å². The molecule has 0 saturated heterocycles. The normalized spacial score (nSPS) is 17.5. The molecule has 0 radical (unpaired) electrons. The molecule has 1 aliphatic carbocycles. The van der Waals surface area contributed by atoms with Crippen LogP contribution < -0.4 is 21.4 Å². The number of aliphatic hydroxyl groups excluding tert-OH is 2. The maximum Gasteiger partial charge on any atom is 0.544 e. The van der Waals surface area contributed by atoms with E-state index in [1.165, 1.54) is 7.11 Å². The van der Waals surface area contributed by atoms with Gasteiger partial charge in [0.05, 0.1) is 30.9 Å². The summed E-state index contributed by atoms with van der Waals surface area (Å²) in [7, 11) is 3.25. The first-order valence-electron chi connectivity index (χ1n) is 12.1. The average Bonchev–Trinajstić information content (AvgIpc) is 2.85. The number of methoxy groups -OCH3 is 1. The third-order valence-corrected chi connectivity index (χ3v) is 6.73. The number of hydrogen-bond donors (Lipinski definition) is 6. The number of thioether (sulfide) groups is 1. The highest BCUT2D eigenvalue weighted by Gasteiger charge is 2.18. The minimum absolute atomic E-state index is 0.00470. The molecule has 0 bridgehead atoms. The Balaban J connectivity index is 2.90. The molecule has 0 amide bonds. The molecule has 1 rings (SSSR count). The largest absolute Gasteiger partial charge is 0.544 e. The maximum atomic E-state index is 14.4. The van der Waals surface area contributed by atoms with Crippen LogP contribution in [0.4, 0.5) is 4.39 Å². The standard InChI is InChI=1S/C25H42FN5O3S/c1-5-20(11-14-32)24(30-16-21-7-6-8-22(27)23(21)26)35-17-19(9-12-28-3)10-13-29-15-18(2)31-25(33)34-4/h8-10,12,18,20,28-29,32H,5-7,11,13-17,27H2,1-4H3,(H,31,33)/p+1/b12-9-,19-10+,30-24?. The lowest BCUT2D eigenvalue weighted by molar-refractivity contribution is -0.514. The van der Waals surface area contributed by atoms with Gasteiger partial charge in [-0.2, -0.15) is 4.99 Å². The molecule has 0 saturated carbocycles. The van der Waals surface area contributed by atoms with E-state index in [9.17, 15) is 14.6 Å². The molecule has 198 valence electrons. The van der Waals surface area contributed by atoms with Gasteiger partial charge >= 0.3 is 6.08 Å². The summed E-state index contributed by atoms with van der Waals surface area (Å²) >= 11 is 1.63. The summed E-state index contributed by atoms with van der Waals surface area (Å²) in [5.41, 5.74) is 7.69. The van der Waals surface area contributed by atoms with E-state index in [2.05, 4.69) is 28.6 Å². The van der Waals surface area contributed by atoms with Crippen molar-refractivity contribution in [2.75, 3.05) is 46.2 Å². The van der Waals surface area contributed by atoms with Crippen molar-refractivity contribution in [3.8, 4) is 0 Å². The highest BCUT2D eigenvalue weighted by atomic mass is 32.2. The van der Waals surface area contributed by atoms with E-state index < -0.39 is 0 Å². The molecule has 0 aromatic rings. The summed E-state index contributed by atoms with van der Waals surface area (Å²) in [6.45, 7) is 5.67. The zero-order valence-electron chi connectivity index (χ0n) is 21.4. The predicted octanol–water partition coefficient (Wildman–Crippen LogP) is 1.67. The lowest BCUT2D eigenvalue weighted by atomic mass is 10.0. The zero-order chi connectivity index (χ0) is 26.1. The number of hydrogen-bond acceptors (Lipinski definition) is 7. The molecule has 0 aliphatic heterocycles. The molecule has 8 nitrogen and oxygen atoms in total. The second-order valence-electron chi connectivity index (χ2n) is 8.29. The second-order valence-corrected chi connectivity index (χ2v) is 9.29. The number of aliphatic imine (C=N–C) groups is 1. The lowest BCUT2D eigenvalue weighted by Gasteiger charge is -2.18. The number of nitrogens with one attached hydrogen (secondary N) is 3. The van der Waals surface area contributed by atoms with E-state index >= 15 is 0 Å². The summed E-state index contributed by atoms with van der Waals surface area (Å²) < 4.78 is 19.1. The Morgan fingerprint density at radius 2 is 2.23 bits per heavy atom. The first-order chi connectivity index (χ1) is 16.9. The number of nitrogens with two attached hydrogens (primary N) is 1. The lowest BCUT2D eigenvalue weighted by Crippen LogP contribution is -2.81. The minimum Gasteiger partial charge on any atom is -0.430 e. The molecule has 1 aliphatic rings. The van der Waals surface area contributed by atoms with Gasteiger partial charge in [-0.1, -0.05) is 19.1 Å². The topological polar surface area (TPSA) is 126 Å². The monoisotopic (exact) mass is 512 g/mol. The summed E-state index contributed by atoms with van der Waals surface area (Å²) in [6.07, 6.45) is 10.3. The van der Waals surface area contributed by atoms with Crippen LogP contribution in [0, 0.1) is 5.92 Å². The molecule has 10 heteroatoms. The van der Waals surface area contributed by atoms with Gasteiger partial charge in [-0.3, -0.25) is 4.99 Å². The van der Waals surface area contributed by atoms with Crippen molar-refractivity contribution in [1.29, 1.82) is 0 Å². The van der Waals surface area contributed by atoms with Gasteiger partial charge in [0.25, 0.3) is 0 Å². The van der Waals surface area contributed by atoms with Crippen molar-refractivity contribution >= 4 is 22.9 Å². The van der Waals surface area contributed by atoms with Crippen LogP contribution in [-0.2, 0) is 4.74 Å². The number of rotatable bonds is 15. The van der Waals surface area contributed by atoms with Crippen molar-refractivity contribution in [1.82, 2.24) is 10.6 Å². The number of allylic oxidation sites excluding steroid dienone is 3. The van der Waals surface area contributed by atoms with Crippen LogP contribution in [0.3, 0.4) is 0 Å². The molecular formula is C25H43FN5O3S+. The highest BCUT2D eigenvalue weighted by Crippen LogP contribution is 2.26. The van der Waals surface area contributed by atoms with Crippen LogP contribution in [-0.4, -0.2) is 73.5 Å². The molecule has 2 unspecified atom stereocenters. The van der Waals surface area contributed by atoms with Gasteiger partial charge in [0.15, 0.2) is 6.04 Å². The Kier molecular flexibility index (Phi) is 15.8. The van der Waals surface area contributed by atoms with Gasteiger partial charge in [0.2, 0.25) is 0 Å². The molecule has 0 fully saturated rings. The van der Waals surface area contributed by atoms with Crippen LogP contribution in [0.2, 0.25) is 0 Å². The van der Waals surface area contributed by atoms with Crippen LogP contribution in [0.1, 0.15) is 39.5 Å². The van der Waals surface area contributed by atoms with E-state index in [-0.39, 0.29) is 42.7 Å². The van der Waals surface area contributed by atoms with Crippen LogP contribution >= 0.6 is 11.8 Å². The van der Waals surface area contributed by atoms with Gasteiger partial charge in [0, 0.05) is 31.9 Å². The van der Waals surface area contributed by atoms with E-state index in [1.807, 2.05) is 26.2 Å². The summed E-state index contributed by atoms with van der Waals surface area (Å²) in [4.78, 5) is 7.62. The summed E-state index contributed by atoms with van der Waals surface area (Å²) in [5.74, 6) is 0.466. The number of nitrogens with zero attached hydrogens (tertiary/aromatic N) is 1. The summed E-state index contributed by atoms with van der Waals surface area (Å²) in [6, 6.07) is -0.00470. The van der Waals surface area contributed by atoms with Crippen molar-refractivity contribution in [3.05, 3.63) is 47.1 Å². The van der Waals surface area contributed by atoms with Crippen LogP contribution in [0.25, 0.3) is 0 Å². The number of ether oxygens (including phenoxy) is 1. The van der Waals surface area contributed by atoms with Crippen LogP contribution in [0.5, 0.6) is 0 Å². The second kappa shape index (κ2) is 18.0. The van der Waals surface area contributed by atoms with E-state index in [0.717, 1.165) is 23.5 Å². The van der Waals surface area contributed by atoms with Crippen molar-refractivity contribution in [2.45, 2.75) is 45.6 Å². The molecule has 7 N–H and O–H groups in total. The zero-order valence-corrected chi connectivity index (χ0v) is 22.3. The smallest absolute Gasteiger partial charge is 0.430 e. The molecule has 0 aromatic heterocycles. The Bertz CT molecular complexity index is 824. The molecular weight excluding hydrogens is 469 g/mol. The van der Waals surface area contributed by atoms with Gasteiger partial charge < -0.3 is 31.3 Å². The van der Waals surface area contributed by atoms with E-state index in [0.29, 0.717) is 37.3 Å². The first-order valence-corrected chi connectivity index (χ1v) is 13.1. The molecule has 0 spiro atoms. The Hall–Kier alpha value is -2.30. The minimum atomic E-state index is -0.344. The summed E-state index contributed by atoms with van der Waals surface area (Å²) in [5, 5.41) is 26.2. The predicted molar refractivity (Wildman–Crippen MR) is 144 cm³/mol. The van der Waals surface area contributed by atoms with Crippen molar-refractivity contribution in [2.24, 2.45) is 16.6 Å². The number of aliphatic hydroxyl groups is 2. The van der Waals surface area contributed by atoms with Crippen molar-refractivity contribution < 1.29 is 24.3 Å². The molecule has 2 atom stereocenters. The third-order valence-electron chi connectivity index (χ3n) is 5.49. The molecule has 0 heterocycles.